The maximum atomic E-state index is 13.0. The Morgan fingerprint density at radius 2 is 1.61 bits per heavy atom. The van der Waals surface area contributed by atoms with Crippen LogP contribution in [0.5, 0.6) is 0 Å². The van der Waals surface area contributed by atoms with Crippen LogP contribution in [0.1, 0.15) is 30.1 Å². The Kier molecular flexibility index (Phi) is 4.76. The second kappa shape index (κ2) is 6.79. The number of likely N-dealkylation sites (tertiary alicyclic amines) is 1. The first kappa shape index (κ1) is 16.1. The number of nitrogens with zero attached hydrogens (tertiary/aromatic N) is 1. The third-order valence-corrected chi connectivity index (χ3v) is 4.68. The van der Waals surface area contributed by atoms with Crippen LogP contribution in [0.2, 0.25) is 0 Å². The van der Waals surface area contributed by atoms with E-state index in [0.717, 1.165) is 11.1 Å². The first-order chi connectivity index (χ1) is 11.1. The maximum Gasteiger partial charge on any atom is 0.123 e. The topological polar surface area (TPSA) is 43.7 Å². The monoisotopic (exact) mass is 315 g/mol. The predicted molar refractivity (Wildman–Crippen MR) is 87.4 cm³/mol. The van der Waals surface area contributed by atoms with Gasteiger partial charge in [-0.25, -0.2) is 4.39 Å². The van der Waals surface area contributed by atoms with Crippen LogP contribution in [0.4, 0.5) is 4.39 Å². The van der Waals surface area contributed by atoms with Crippen molar-refractivity contribution in [2.45, 2.75) is 24.5 Å². The summed E-state index contributed by atoms with van der Waals surface area (Å²) in [7, 11) is 0. The lowest BCUT2D eigenvalue weighted by Crippen LogP contribution is -2.43. The lowest BCUT2D eigenvalue weighted by atomic mass is 9.84. The lowest BCUT2D eigenvalue weighted by Gasteiger charge is -2.39. The van der Waals surface area contributed by atoms with Crippen LogP contribution in [0.15, 0.2) is 54.6 Å². The fourth-order valence-corrected chi connectivity index (χ4v) is 3.18. The number of hydrogen-bond acceptors (Lipinski definition) is 3. The van der Waals surface area contributed by atoms with Crippen molar-refractivity contribution in [2.75, 3.05) is 19.6 Å². The van der Waals surface area contributed by atoms with E-state index in [1.807, 2.05) is 30.3 Å². The van der Waals surface area contributed by atoms with Crippen LogP contribution in [-0.2, 0) is 5.60 Å². The molecular formula is C19H22FNO2. The molecule has 0 amide bonds. The fraction of sp³-hybridized carbons (Fsp3) is 0.368. The van der Waals surface area contributed by atoms with Crippen molar-refractivity contribution in [2.24, 2.45) is 0 Å². The van der Waals surface area contributed by atoms with E-state index in [-0.39, 0.29) is 5.82 Å². The Bertz CT molecular complexity index is 622. The third-order valence-electron chi connectivity index (χ3n) is 4.68. The first-order valence-electron chi connectivity index (χ1n) is 8.01. The Morgan fingerprint density at radius 1 is 1.00 bits per heavy atom. The zero-order valence-corrected chi connectivity index (χ0v) is 13.0. The Morgan fingerprint density at radius 3 is 2.22 bits per heavy atom. The maximum absolute atomic E-state index is 13.0. The summed E-state index contributed by atoms with van der Waals surface area (Å²) < 4.78 is 13.0. The Balaban J connectivity index is 1.59. The summed E-state index contributed by atoms with van der Waals surface area (Å²) in [5, 5.41) is 21.1. The molecule has 3 rings (SSSR count). The molecule has 1 atom stereocenters. The summed E-state index contributed by atoms with van der Waals surface area (Å²) in [6, 6.07) is 15.7. The van der Waals surface area contributed by atoms with E-state index in [1.54, 1.807) is 12.1 Å². The van der Waals surface area contributed by atoms with Crippen molar-refractivity contribution in [3.05, 3.63) is 71.5 Å². The van der Waals surface area contributed by atoms with Gasteiger partial charge in [-0.1, -0.05) is 42.5 Å². The SMILES string of the molecule is O[C@@H](CN1CCC(O)(c2ccc(F)cc2)CC1)c1ccccc1. The van der Waals surface area contributed by atoms with Crippen LogP contribution in [-0.4, -0.2) is 34.7 Å². The molecule has 122 valence electrons. The van der Waals surface area contributed by atoms with E-state index in [4.69, 9.17) is 0 Å². The Labute approximate surface area is 136 Å². The quantitative estimate of drug-likeness (QED) is 0.912. The molecule has 0 saturated carbocycles. The molecule has 0 bridgehead atoms. The fourth-order valence-electron chi connectivity index (χ4n) is 3.18. The number of aliphatic hydroxyl groups excluding tert-OH is 1. The molecule has 0 aromatic heterocycles. The van der Waals surface area contributed by atoms with E-state index in [2.05, 4.69) is 4.90 Å². The molecule has 0 radical (unpaired) electrons. The van der Waals surface area contributed by atoms with Crippen LogP contribution >= 0.6 is 0 Å². The summed E-state index contributed by atoms with van der Waals surface area (Å²) in [5.74, 6) is -0.291. The molecule has 3 nitrogen and oxygen atoms in total. The number of benzene rings is 2. The average Bonchev–Trinajstić information content (AvgIpc) is 2.58. The van der Waals surface area contributed by atoms with Gasteiger partial charge in [-0.2, -0.15) is 0 Å². The molecule has 1 heterocycles. The highest BCUT2D eigenvalue weighted by atomic mass is 19.1. The van der Waals surface area contributed by atoms with Gasteiger partial charge in [-0.05, 0) is 36.1 Å². The zero-order valence-electron chi connectivity index (χ0n) is 13.0. The second-order valence-corrected chi connectivity index (χ2v) is 6.27. The summed E-state index contributed by atoms with van der Waals surface area (Å²) in [6.45, 7) is 1.97. The van der Waals surface area contributed by atoms with Crippen LogP contribution < -0.4 is 0 Å². The largest absolute Gasteiger partial charge is 0.387 e. The van der Waals surface area contributed by atoms with Crippen molar-refractivity contribution in [1.29, 1.82) is 0 Å². The second-order valence-electron chi connectivity index (χ2n) is 6.27. The van der Waals surface area contributed by atoms with Gasteiger partial charge in [-0.15, -0.1) is 0 Å². The van der Waals surface area contributed by atoms with E-state index >= 15 is 0 Å². The third kappa shape index (κ3) is 3.78. The molecule has 0 unspecified atom stereocenters. The number of piperidine rings is 1. The standard InChI is InChI=1S/C19H22FNO2/c20-17-8-6-16(7-9-17)19(23)10-12-21(13-11-19)14-18(22)15-4-2-1-3-5-15/h1-9,18,22-23H,10-14H2/t18-/m0/s1. The molecule has 1 saturated heterocycles. The van der Waals surface area contributed by atoms with Gasteiger partial charge in [0.05, 0.1) is 11.7 Å². The molecule has 1 aliphatic rings. The smallest absolute Gasteiger partial charge is 0.123 e. The molecule has 2 aromatic rings. The van der Waals surface area contributed by atoms with E-state index in [1.165, 1.54) is 12.1 Å². The normalized spacial score (nSPS) is 19.4. The minimum Gasteiger partial charge on any atom is -0.387 e. The van der Waals surface area contributed by atoms with Gasteiger partial charge in [-0.3, -0.25) is 0 Å². The van der Waals surface area contributed by atoms with Gasteiger partial charge in [0.25, 0.3) is 0 Å². The molecule has 1 fully saturated rings. The molecule has 23 heavy (non-hydrogen) atoms. The van der Waals surface area contributed by atoms with E-state index in [9.17, 15) is 14.6 Å². The summed E-state index contributed by atoms with van der Waals surface area (Å²) in [4.78, 5) is 2.16. The average molecular weight is 315 g/mol. The van der Waals surface area contributed by atoms with Crippen molar-refractivity contribution in [3.8, 4) is 0 Å². The van der Waals surface area contributed by atoms with Crippen LogP contribution in [0.25, 0.3) is 0 Å². The van der Waals surface area contributed by atoms with E-state index in [0.29, 0.717) is 32.5 Å². The molecule has 4 heteroatoms. The minimum absolute atomic E-state index is 0.291. The number of hydrogen-bond donors (Lipinski definition) is 2. The van der Waals surface area contributed by atoms with Crippen molar-refractivity contribution >= 4 is 0 Å². The van der Waals surface area contributed by atoms with Gasteiger partial charge in [0, 0.05) is 19.6 Å². The predicted octanol–water partition coefficient (Wildman–Crippen LogP) is 2.84. The molecule has 2 N–H and O–H groups in total. The van der Waals surface area contributed by atoms with Gasteiger partial charge in [0.2, 0.25) is 0 Å². The van der Waals surface area contributed by atoms with Crippen molar-refractivity contribution in [3.63, 3.8) is 0 Å². The van der Waals surface area contributed by atoms with E-state index < -0.39 is 11.7 Å². The first-order valence-corrected chi connectivity index (χ1v) is 8.01. The number of halogens is 1. The summed E-state index contributed by atoms with van der Waals surface area (Å²) >= 11 is 0. The van der Waals surface area contributed by atoms with Crippen LogP contribution in [0, 0.1) is 5.82 Å². The van der Waals surface area contributed by atoms with Gasteiger partial charge in [0.1, 0.15) is 5.82 Å². The van der Waals surface area contributed by atoms with Crippen LogP contribution in [0.3, 0.4) is 0 Å². The highest BCUT2D eigenvalue weighted by Crippen LogP contribution is 2.33. The molecule has 0 aliphatic carbocycles. The zero-order chi connectivity index (χ0) is 16.3. The van der Waals surface area contributed by atoms with Gasteiger partial charge >= 0.3 is 0 Å². The highest BCUT2D eigenvalue weighted by Gasteiger charge is 2.34. The molecule has 0 spiro atoms. The number of aliphatic hydroxyl groups is 2. The van der Waals surface area contributed by atoms with Crippen molar-refractivity contribution in [1.82, 2.24) is 4.90 Å². The number of rotatable bonds is 4. The molecule has 2 aromatic carbocycles. The number of β-amino-alcohol motifs (C(OH)–C–C–N with tert-alkyl or cyclic N) is 1. The molecular weight excluding hydrogens is 293 g/mol. The van der Waals surface area contributed by atoms with Gasteiger partial charge in [0.15, 0.2) is 0 Å². The lowest BCUT2D eigenvalue weighted by molar-refractivity contribution is -0.0345. The summed E-state index contributed by atoms with van der Waals surface area (Å²) in [5.41, 5.74) is 0.774. The summed E-state index contributed by atoms with van der Waals surface area (Å²) in [6.07, 6.45) is 0.647. The highest BCUT2D eigenvalue weighted by molar-refractivity contribution is 5.24. The minimum atomic E-state index is -0.901. The molecule has 1 aliphatic heterocycles. The van der Waals surface area contributed by atoms with Crippen molar-refractivity contribution < 1.29 is 14.6 Å². The van der Waals surface area contributed by atoms with Gasteiger partial charge < -0.3 is 15.1 Å². The Hall–Kier alpha value is -1.75.